The predicted molar refractivity (Wildman–Crippen MR) is 71.5 cm³/mol. The summed E-state index contributed by atoms with van der Waals surface area (Å²) < 4.78 is 47.1. The number of nitriles is 1. The molecule has 0 aliphatic carbocycles. The second-order valence-corrected chi connectivity index (χ2v) is 9.12. The molecular formula is C10H19N3O4S2. The third-order valence-corrected chi connectivity index (χ3v) is 7.06. The summed E-state index contributed by atoms with van der Waals surface area (Å²) in [6.45, 7) is 3.27. The van der Waals surface area contributed by atoms with Gasteiger partial charge in [0.1, 0.15) is 0 Å². The Hall–Kier alpha value is -0.690. The Morgan fingerprint density at radius 2 is 1.68 bits per heavy atom. The van der Waals surface area contributed by atoms with Crippen molar-refractivity contribution in [2.24, 2.45) is 0 Å². The summed E-state index contributed by atoms with van der Waals surface area (Å²) >= 11 is 0. The van der Waals surface area contributed by atoms with Crippen molar-refractivity contribution in [3.8, 4) is 6.07 Å². The lowest BCUT2D eigenvalue weighted by Gasteiger charge is -2.35. The molecule has 0 amide bonds. The lowest BCUT2D eigenvalue weighted by Crippen LogP contribution is -2.52. The van der Waals surface area contributed by atoms with Gasteiger partial charge >= 0.3 is 0 Å². The van der Waals surface area contributed by atoms with Gasteiger partial charge in [-0.1, -0.05) is 6.92 Å². The molecule has 1 aliphatic rings. The van der Waals surface area contributed by atoms with Crippen LogP contribution in [0.2, 0.25) is 0 Å². The fourth-order valence-electron chi connectivity index (χ4n) is 2.07. The summed E-state index contributed by atoms with van der Waals surface area (Å²) in [7, 11) is -7.33. The normalized spacial score (nSPS) is 20.9. The number of piperazine rings is 1. The fourth-order valence-corrected chi connectivity index (χ4v) is 5.55. The molecule has 0 aromatic heterocycles. The molecule has 0 N–H and O–H groups in total. The molecule has 0 radical (unpaired) electrons. The van der Waals surface area contributed by atoms with Crippen LogP contribution in [0.25, 0.3) is 0 Å². The van der Waals surface area contributed by atoms with Crippen LogP contribution in [-0.4, -0.2) is 69.6 Å². The Morgan fingerprint density at radius 1 is 1.16 bits per heavy atom. The van der Waals surface area contributed by atoms with Crippen molar-refractivity contribution in [3.05, 3.63) is 0 Å². The van der Waals surface area contributed by atoms with Gasteiger partial charge in [-0.3, -0.25) is 4.90 Å². The number of sulfonamides is 1. The highest BCUT2D eigenvalue weighted by atomic mass is 32.3. The molecule has 110 valence electrons. The van der Waals surface area contributed by atoms with Crippen LogP contribution in [0.3, 0.4) is 0 Å². The maximum atomic E-state index is 11.9. The van der Waals surface area contributed by atoms with Crippen LogP contribution in [0.15, 0.2) is 0 Å². The summed E-state index contributed by atoms with van der Waals surface area (Å²) in [6.07, 6.45) is 1.59. The minimum absolute atomic E-state index is 0.209. The van der Waals surface area contributed by atoms with E-state index in [1.54, 1.807) is 0 Å². The number of hydrogen-bond acceptors (Lipinski definition) is 6. The number of sulfone groups is 1. The third kappa shape index (κ3) is 4.72. The first-order chi connectivity index (χ1) is 8.69. The molecule has 1 fully saturated rings. The van der Waals surface area contributed by atoms with Crippen molar-refractivity contribution in [3.63, 3.8) is 0 Å². The van der Waals surface area contributed by atoms with Crippen LogP contribution in [0.5, 0.6) is 0 Å². The molecule has 19 heavy (non-hydrogen) atoms. The molecule has 1 unspecified atom stereocenters. The van der Waals surface area contributed by atoms with Gasteiger partial charge < -0.3 is 0 Å². The molecule has 1 saturated heterocycles. The minimum Gasteiger partial charge on any atom is -0.285 e. The molecule has 0 bridgehead atoms. The monoisotopic (exact) mass is 309 g/mol. The molecule has 7 nitrogen and oxygen atoms in total. The van der Waals surface area contributed by atoms with Gasteiger partial charge in [0, 0.05) is 32.4 Å². The zero-order valence-corrected chi connectivity index (χ0v) is 12.7. The summed E-state index contributed by atoms with van der Waals surface area (Å²) in [5.74, 6) is 0. The smallest absolute Gasteiger partial charge is 0.228 e. The van der Waals surface area contributed by atoms with Gasteiger partial charge in [-0.25, -0.2) is 16.8 Å². The van der Waals surface area contributed by atoms with E-state index in [4.69, 9.17) is 5.26 Å². The standard InChI is InChI=1S/C10H19N3O4S2/c1-3-10(8-11)12-4-6-13(7-5-12)19(16,17)9-18(2,14)15/h10H,3-7,9H2,1-2H3. The number of nitrogens with zero attached hydrogens (tertiary/aromatic N) is 3. The van der Waals surface area contributed by atoms with Crippen molar-refractivity contribution >= 4 is 19.9 Å². The van der Waals surface area contributed by atoms with Crippen molar-refractivity contribution < 1.29 is 16.8 Å². The summed E-state index contributed by atoms with van der Waals surface area (Å²) in [5.41, 5.74) is 0. The highest BCUT2D eigenvalue weighted by Gasteiger charge is 2.31. The Balaban J connectivity index is 2.67. The molecule has 0 aromatic carbocycles. The van der Waals surface area contributed by atoms with Gasteiger partial charge in [0.15, 0.2) is 14.9 Å². The predicted octanol–water partition coefficient (Wildman–Crippen LogP) is -0.762. The van der Waals surface area contributed by atoms with Gasteiger partial charge in [-0.15, -0.1) is 0 Å². The average Bonchev–Trinajstić information content (AvgIpc) is 2.28. The topological polar surface area (TPSA) is 98.5 Å². The minimum atomic E-state index is -3.77. The highest BCUT2D eigenvalue weighted by Crippen LogP contribution is 2.13. The first-order valence-electron chi connectivity index (χ1n) is 5.99. The zero-order chi connectivity index (χ0) is 14.7. The first kappa shape index (κ1) is 16.4. The molecule has 9 heteroatoms. The summed E-state index contributed by atoms with van der Waals surface area (Å²) in [5, 5.41) is 8.10. The van der Waals surface area contributed by atoms with Crippen LogP contribution >= 0.6 is 0 Å². The Bertz CT molecular complexity index is 542. The van der Waals surface area contributed by atoms with Crippen LogP contribution < -0.4 is 0 Å². The Kier molecular flexibility index (Phi) is 5.32. The van der Waals surface area contributed by atoms with Crippen LogP contribution in [0, 0.1) is 11.3 Å². The van der Waals surface area contributed by atoms with E-state index in [9.17, 15) is 16.8 Å². The molecule has 0 aromatic rings. The maximum Gasteiger partial charge on any atom is 0.228 e. The molecule has 1 atom stereocenters. The van der Waals surface area contributed by atoms with E-state index < -0.39 is 24.9 Å². The molecular weight excluding hydrogens is 290 g/mol. The van der Waals surface area contributed by atoms with Gasteiger partial charge in [0.05, 0.1) is 12.1 Å². The van der Waals surface area contributed by atoms with Gasteiger partial charge in [0.2, 0.25) is 10.0 Å². The molecule has 1 aliphatic heterocycles. The average molecular weight is 309 g/mol. The molecule has 1 rings (SSSR count). The van der Waals surface area contributed by atoms with Crippen molar-refractivity contribution in [2.45, 2.75) is 19.4 Å². The Labute approximate surface area is 114 Å². The number of rotatable bonds is 5. The van der Waals surface area contributed by atoms with Crippen LogP contribution in [0.1, 0.15) is 13.3 Å². The van der Waals surface area contributed by atoms with Crippen molar-refractivity contribution in [1.29, 1.82) is 5.26 Å². The van der Waals surface area contributed by atoms with Crippen molar-refractivity contribution in [2.75, 3.05) is 37.5 Å². The van der Waals surface area contributed by atoms with E-state index in [1.165, 1.54) is 4.31 Å². The summed E-state index contributed by atoms with van der Waals surface area (Å²) in [4.78, 5) is 1.92. The molecule has 0 saturated carbocycles. The van der Waals surface area contributed by atoms with E-state index in [0.29, 0.717) is 19.5 Å². The summed E-state index contributed by atoms with van der Waals surface area (Å²) in [6, 6.07) is 1.97. The zero-order valence-electron chi connectivity index (χ0n) is 11.1. The second-order valence-electron chi connectivity index (χ2n) is 4.64. The van der Waals surface area contributed by atoms with E-state index in [-0.39, 0.29) is 19.1 Å². The SMILES string of the molecule is CCC(C#N)N1CCN(S(=O)(=O)CS(C)(=O)=O)CC1. The van der Waals surface area contributed by atoms with Gasteiger partial charge in [0.25, 0.3) is 0 Å². The third-order valence-electron chi connectivity index (χ3n) is 3.01. The Morgan fingerprint density at radius 3 is 2.05 bits per heavy atom. The molecule has 1 heterocycles. The van der Waals surface area contributed by atoms with E-state index in [1.807, 2.05) is 11.8 Å². The van der Waals surface area contributed by atoms with Crippen molar-refractivity contribution in [1.82, 2.24) is 9.21 Å². The van der Waals surface area contributed by atoms with E-state index in [0.717, 1.165) is 6.26 Å². The maximum absolute atomic E-state index is 11.9. The van der Waals surface area contributed by atoms with Crippen LogP contribution in [0.4, 0.5) is 0 Å². The van der Waals surface area contributed by atoms with Gasteiger partial charge in [-0.2, -0.15) is 9.57 Å². The largest absolute Gasteiger partial charge is 0.285 e. The highest BCUT2D eigenvalue weighted by molar-refractivity contribution is 8.06. The molecule has 0 spiro atoms. The van der Waals surface area contributed by atoms with E-state index in [2.05, 4.69) is 6.07 Å². The fraction of sp³-hybridized carbons (Fsp3) is 0.900. The second kappa shape index (κ2) is 6.17. The van der Waals surface area contributed by atoms with E-state index >= 15 is 0 Å². The van der Waals surface area contributed by atoms with Crippen LogP contribution in [-0.2, 0) is 19.9 Å². The number of hydrogen-bond donors (Lipinski definition) is 0. The lowest BCUT2D eigenvalue weighted by molar-refractivity contribution is 0.160. The lowest BCUT2D eigenvalue weighted by atomic mass is 10.2. The first-order valence-corrected chi connectivity index (χ1v) is 9.66. The van der Waals surface area contributed by atoms with Gasteiger partial charge in [-0.05, 0) is 6.42 Å². The quantitative estimate of drug-likeness (QED) is 0.662.